The van der Waals surface area contributed by atoms with Crippen molar-refractivity contribution >= 4 is 11.8 Å². The standard InChI is InChI=1S/C12H10S.C2H6.CH4/c1-3-7-11(8-4-1)13-12-9-5-2-6-10-12;1-2;/h1-10H;1-2H3;1H4. The average molecular weight is 232 g/mol. The maximum atomic E-state index is 2.12. The summed E-state index contributed by atoms with van der Waals surface area (Å²) in [5.74, 6) is 0. The topological polar surface area (TPSA) is 0 Å². The van der Waals surface area contributed by atoms with E-state index < -0.39 is 0 Å². The van der Waals surface area contributed by atoms with Crippen LogP contribution in [0, 0.1) is 0 Å². The van der Waals surface area contributed by atoms with Gasteiger partial charge in [0.15, 0.2) is 0 Å². The van der Waals surface area contributed by atoms with E-state index in [1.807, 2.05) is 26.0 Å². The summed E-state index contributed by atoms with van der Waals surface area (Å²) < 4.78 is 0. The van der Waals surface area contributed by atoms with Crippen molar-refractivity contribution in [1.82, 2.24) is 0 Å². The number of hydrogen-bond acceptors (Lipinski definition) is 1. The number of hydrogen-bond donors (Lipinski definition) is 0. The SMILES string of the molecule is C.CC.c1ccc(Sc2ccccc2)cc1. The summed E-state index contributed by atoms with van der Waals surface area (Å²) in [6.07, 6.45) is 0. The lowest BCUT2D eigenvalue weighted by Crippen LogP contribution is -1.70. The molecular formula is C15H20S. The maximum absolute atomic E-state index is 2.12. The Balaban J connectivity index is 0.000000711. The quantitative estimate of drug-likeness (QED) is 0.658. The third-order valence-corrected chi connectivity index (χ3v) is 2.74. The van der Waals surface area contributed by atoms with Crippen molar-refractivity contribution < 1.29 is 0 Å². The van der Waals surface area contributed by atoms with E-state index in [9.17, 15) is 0 Å². The summed E-state index contributed by atoms with van der Waals surface area (Å²) in [6, 6.07) is 20.8. The van der Waals surface area contributed by atoms with Crippen LogP contribution in [0.15, 0.2) is 70.5 Å². The first-order valence-corrected chi connectivity index (χ1v) is 6.05. The number of benzene rings is 2. The Kier molecular flexibility index (Phi) is 8.36. The second kappa shape index (κ2) is 9.05. The summed E-state index contributed by atoms with van der Waals surface area (Å²) in [6.45, 7) is 4.00. The van der Waals surface area contributed by atoms with Gasteiger partial charge in [-0.05, 0) is 24.3 Å². The van der Waals surface area contributed by atoms with Gasteiger partial charge in [0.1, 0.15) is 0 Å². The molecule has 0 fully saturated rings. The Labute approximate surface area is 104 Å². The zero-order valence-electron chi connectivity index (χ0n) is 9.18. The Morgan fingerprint density at radius 1 is 0.625 bits per heavy atom. The lowest BCUT2D eigenvalue weighted by atomic mass is 10.4. The Morgan fingerprint density at radius 2 is 0.938 bits per heavy atom. The second-order valence-electron chi connectivity index (χ2n) is 2.73. The first kappa shape index (κ1) is 14.8. The van der Waals surface area contributed by atoms with Crippen LogP contribution < -0.4 is 0 Å². The molecule has 0 radical (unpaired) electrons. The van der Waals surface area contributed by atoms with Crippen LogP contribution in [0.3, 0.4) is 0 Å². The fourth-order valence-corrected chi connectivity index (χ4v) is 1.97. The van der Waals surface area contributed by atoms with E-state index in [1.165, 1.54) is 9.79 Å². The minimum absolute atomic E-state index is 0. The monoisotopic (exact) mass is 232 g/mol. The molecule has 16 heavy (non-hydrogen) atoms. The smallest absolute Gasteiger partial charge is 0.0122 e. The van der Waals surface area contributed by atoms with Crippen molar-refractivity contribution in [2.24, 2.45) is 0 Å². The normalized spacial score (nSPS) is 8.38. The van der Waals surface area contributed by atoms with Crippen molar-refractivity contribution in [3.05, 3.63) is 60.7 Å². The molecule has 0 spiro atoms. The van der Waals surface area contributed by atoms with Crippen LogP contribution in [0.2, 0.25) is 0 Å². The van der Waals surface area contributed by atoms with Gasteiger partial charge in [0.2, 0.25) is 0 Å². The summed E-state index contributed by atoms with van der Waals surface area (Å²) >= 11 is 1.79. The fourth-order valence-electron chi connectivity index (χ4n) is 1.11. The predicted octanol–water partition coefficient (Wildman–Crippen LogP) is 5.50. The second-order valence-corrected chi connectivity index (χ2v) is 3.88. The largest absolute Gasteiger partial charge is 0.0901 e. The molecule has 0 amide bonds. The molecule has 0 nitrogen and oxygen atoms in total. The lowest BCUT2D eigenvalue weighted by Gasteiger charge is -1.99. The van der Waals surface area contributed by atoms with E-state index in [2.05, 4.69) is 48.5 Å². The minimum atomic E-state index is 0. The molecule has 0 aliphatic heterocycles. The minimum Gasteiger partial charge on any atom is -0.0901 e. The van der Waals surface area contributed by atoms with Crippen LogP contribution in [0.25, 0.3) is 0 Å². The summed E-state index contributed by atoms with van der Waals surface area (Å²) in [5, 5.41) is 0. The summed E-state index contributed by atoms with van der Waals surface area (Å²) in [7, 11) is 0. The molecule has 0 atom stereocenters. The molecule has 0 aliphatic rings. The number of rotatable bonds is 2. The molecule has 2 aromatic carbocycles. The van der Waals surface area contributed by atoms with Crippen LogP contribution in [-0.2, 0) is 0 Å². The molecule has 0 saturated carbocycles. The van der Waals surface area contributed by atoms with Crippen molar-refractivity contribution in [1.29, 1.82) is 0 Å². The first-order chi connectivity index (χ1) is 7.45. The third kappa shape index (κ3) is 5.04. The highest BCUT2D eigenvalue weighted by Crippen LogP contribution is 2.26. The summed E-state index contributed by atoms with van der Waals surface area (Å²) in [4.78, 5) is 2.57. The van der Waals surface area contributed by atoms with Gasteiger partial charge in [-0.2, -0.15) is 0 Å². The van der Waals surface area contributed by atoms with Gasteiger partial charge in [-0.25, -0.2) is 0 Å². The highest BCUT2D eigenvalue weighted by molar-refractivity contribution is 7.99. The van der Waals surface area contributed by atoms with Gasteiger partial charge in [-0.1, -0.05) is 69.4 Å². The molecule has 2 aromatic rings. The van der Waals surface area contributed by atoms with E-state index in [4.69, 9.17) is 0 Å². The molecule has 0 bridgehead atoms. The van der Waals surface area contributed by atoms with E-state index in [1.54, 1.807) is 11.8 Å². The van der Waals surface area contributed by atoms with Crippen molar-refractivity contribution in [3.63, 3.8) is 0 Å². The highest BCUT2D eigenvalue weighted by Gasteiger charge is 1.93. The van der Waals surface area contributed by atoms with Crippen LogP contribution in [-0.4, -0.2) is 0 Å². The van der Waals surface area contributed by atoms with Crippen molar-refractivity contribution in [3.8, 4) is 0 Å². The van der Waals surface area contributed by atoms with Gasteiger partial charge in [0.05, 0.1) is 0 Å². The average Bonchev–Trinajstić information content (AvgIpc) is 2.34. The lowest BCUT2D eigenvalue weighted by molar-refractivity contribution is 1.41. The molecule has 0 heterocycles. The Bertz CT molecular complexity index is 316. The van der Waals surface area contributed by atoms with Gasteiger partial charge >= 0.3 is 0 Å². The first-order valence-electron chi connectivity index (χ1n) is 5.23. The van der Waals surface area contributed by atoms with Gasteiger partial charge in [0.25, 0.3) is 0 Å². The fraction of sp³-hybridized carbons (Fsp3) is 0.200. The third-order valence-electron chi connectivity index (χ3n) is 1.72. The zero-order valence-corrected chi connectivity index (χ0v) is 10.00. The van der Waals surface area contributed by atoms with E-state index in [-0.39, 0.29) is 7.43 Å². The van der Waals surface area contributed by atoms with Crippen LogP contribution in [0.4, 0.5) is 0 Å². The van der Waals surface area contributed by atoms with Gasteiger partial charge < -0.3 is 0 Å². The highest BCUT2D eigenvalue weighted by atomic mass is 32.2. The van der Waals surface area contributed by atoms with Crippen molar-refractivity contribution in [2.45, 2.75) is 31.1 Å². The molecule has 86 valence electrons. The molecule has 1 heteroatoms. The molecule has 0 aromatic heterocycles. The van der Waals surface area contributed by atoms with Crippen molar-refractivity contribution in [2.75, 3.05) is 0 Å². The van der Waals surface area contributed by atoms with Crippen LogP contribution in [0.1, 0.15) is 21.3 Å². The van der Waals surface area contributed by atoms with Crippen LogP contribution >= 0.6 is 11.8 Å². The van der Waals surface area contributed by atoms with Gasteiger partial charge in [-0.15, -0.1) is 0 Å². The van der Waals surface area contributed by atoms with E-state index >= 15 is 0 Å². The summed E-state index contributed by atoms with van der Waals surface area (Å²) in [5.41, 5.74) is 0. The van der Waals surface area contributed by atoms with E-state index in [0.717, 1.165) is 0 Å². The van der Waals surface area contributed by atoms with Crippen LogP contribution in [0.5, 0.6) is 0 Å². The molecule has 0 aliphatic carbocycles. The molecule has 0 unspecified atom stereocenters. The van der Waals surface area contributed by atoms with Gasteiger partial charge in [0, 0.05) is 9.79 Å². The zero-order chi connectivity index (χ0) is 10.9. The van der Waals surface area contributed by atoms with Gasteiger partial charge in [-0.3, -0.25) is 0 Å². The van der Waals surface area contributed by atoms with E-state index in [0.29, 0.717) is 0 Å². The molecule has 2 rings (SSSR count). The predicted molar refractivity (Wildman–Crippen MR) is 75.1 cm³/mol. The Morgan fingerprint density at radius 3 is 1.25 bits per heavy atom. The maximum Gasteiger partial charge on any atom is 0.0122 e. The Hall–Kier alpha value is -1.21. The molecular weight excluding hydrogens is 212 g/mol. The molecule has 0 saturated heterocycles. The molecule has 0 N–H and O–H groups in total.